The largest absolute Gasteiger partial charge is 0.408 e. The second kappa shape index (κ2) is 11.4. The van der Waals surface area contributed by atoms with Crippen LogP contribution in [0.5, 0.6) is 0 Å². The van der Waals surface area contributed by atoms with Crippen LogP contribution >= 0.6 is 11.8 Å². The smallest absolute Gasteiger partial charge is 0.286 e. The first-order valence-corrected chi connectivity index (χ1v) is 12.3. The third-order valence-corrected chi connectivity index (χ3v) is 6.17. The molecule has 0 spiro atoms. The molecule has 2 aromatic rings. The summed E-state index contributed by atoms with van der Waals surface area (Å²) in [5.74, 6) is -1.96. The van der Waals surface area contributed by atoms with E-state index in [0.717, 1.165) is 12.8 Å². The molecule has 1 saturated carbocycles. The third kappa shape index (κ3) is 6.63. The summed E-state index contributed by atoms with van der Waals surface area (Å²) in [4.78, 5) is 38.8. The van der Waals surface area contributed by atoms with Gasteiger partial charge in [-0.25, -0.2) is 4.39 Å². The molecule has 0 saturated heterocycles. The normalized spacial score (nSPS) is 19.2. The molecule has 1 aromatic carbocycles. The van der Waals surface area contributed by atoms with Crippen LogP contribution in [-0.2, 0) is 4.79 Å². The van der Waals surface area contributed by atoms with Crippen LogP contribution in [0.2, 0.25) is 0 Å². The Morgan fingerprint density at radius 3 is 2.48 bits per heavy atom. The van der Waals surface area contributed by atoms with E-state index in [9.17, 15) is 18.8 Å². The maximum atomic E-state index is 13.2. The van der Waals surface area contributed by atoms with Gasteiger partial charge in [-0.2, -0.15) is 0 Å². The summed E-state index contributed by atoms with van der Waals surface area (Å²) in [5, 5.41) is 13.7. The van der Waals surface area contributed by atoms with Gasteiger partial charge in [-0.15, -0.1) is 10.2 Å². The minimum Gasteiger partial charge on any atom is -0.408 e. The molecule has 0 radical (unpaired) electrons. The molecule has 2 amide bonds. The first-order valence-electron chi connectivity index (χ1n) is 11.1. The number of carbonyl (C=O) groups excluding carboxylic acids is 3. The van der Waals surface area contributed by atoms with Gasteiger partial charge in [-0.1, -0.05) is 38.5 Å². The predicted octanol–water partition coefficient (Wildman–Crippen LogP) is 3.63. The second-order valence-electron chi connectivity index (χ2n) is 8.61. The predicted molar refractivity (Wildman–Crippen MR) is 121 cm³/mol. The summed E-state index contributed by atoms with van der Waals surface area (Å²) in [6.07, 6.45) is 5.16. The fourth-order valence-electron chi connectivity index (χ4n) is 3.99. The lowest BCUT2D eigenvalue weighted by atomic mass is 9.83. The van der Waals surface area contributed by atoms with Crippen LogP contribution in [0.4, 0.5) is 4.39 Å². The van der Waals surface area contributed by atoms with Crippen molar-refractivity contribution in [3.8, 4) is 0 Å². The highest BCUT2D eigenvalue weighted by Gasteiger charge is 2.35. The van der Waals surface area contributed by atoms with Gasteiger partial charge in [0, 0.05) is 11.6 Å². The van der Waals surface area contributed by atoms with Crippen LogP contribution < -0.4 is 10.6 Å². The van der Waals surface area contributed by atoms with Gasteiger partial charge in [-0.05, 0) is 55.7 Å². The number of rotatable bonds is 9. The van der Waals surface area contributed by atoms with Gasteiger partial charge in [0.05, 0.1) is 12.0 Å². The lowest BCUT2D eigenvalue weighted by Crippen LogP contribution is -2.52. The van der Waals surface area contributed by atoms with Gasteiger partial charge in [0.15, 0.2) is 0 Å². The average Bonchev–Trinajstić information content (AvgIpc) is 3.28. The van der Waals surface area contributed by atoms with Gasteiger partial charge in [-0.3, -0.25) is 14.4 Å². The molecule has 33 heavy (non-hydrogen) atoms. The van der Waals surface area contributed by atoms with Crippen LogP contribution in [0.25, 0.3) is 0 Å². The van der Waals surface area contributed by atoms with E-state index in [4.69, 9.17) is 4.42 Å². The summed E-state index contributed by atoms with van der Waals surface area (Å²) in [5.41, 5.74) is 0.329. The Morgan fingerprint density at radius 1 is 1.15 bits per heavy atom. The quantitative estimate of drug-likeness (QED) is 0.420. The van der Waals surface area contributed by atoms with E-state index < -0.39 is 23.6 Å². The molecule has 8 nitrogen and oxygen atoms in total. The van der Waals surface area contributed by atoms with Crippen molar-refractivity contribution in [2.75, 3.05) is 6.26 Å². The van der Waals surface area contributed by atoms with E-state index in [1.54, 1.807) is 6.26 Å². The van der Waals surface area contributed by atoms with Crippen molar-refractivity contribution in [1.29, 1.82) is 0 Å². The van der Waals surface area contributed by atoms with Crippen LogP contribution in [-0.4, -0.2) is 46.1 Å². The first-order chi connectivity index (χ1) is 15.8. The first kappa shape index (κ1) is 24.9. The molecule has 3 rings (SSSR count). The van der Waals surface area contributed by atoms with Crippen LogP contribution in [0.15, 0.2) is 33.9 Å². The molecular formula is C23H29FN4O4S. The van der Waals surface area contributed by atoms with E-state index in [1.807, 2.05) is 13.8 Å². The Hall–Kier alpha value is -2.75. The number of ketones is 1. The number of amides is 2. The number of nitrogens with zero attached hydrogens (tertiary/aromatic N) is 2. The fraction of sp³-hybridized carbons (Fsp3) is 0.522. The van der Waals surface area contributed by atoms with E-state index in [1.165, 1.54) is 36.0 Å². The standard InChI is InChI=1S/C23H29FN4O4S/c1-13(2)12-18(19(29)22-27-28-23(32-22)33-3)26-21(31)16-6-4-5-7-17(16)25-20(30)14-8-10-15(24)11-9-14/h8-11,13,16-18H,4-7,12H2,1-3H3,(H,25,30)(H,26,31)/t16-,17+,18?/m1/s1. The monoisotopic (exact) mass is 476 g/mol. The van der Waals surface area contributed by atoms with Gasteiger partial charge in [0.2, 0.25) is 11.7 Å². The van der Waals surface area contributed by atoms with Gasteiger partial charge in [0.25, 0.3) is 17.0 Å². The third-order valence-electron chi connectivity index (χ3n) is 5.66. The molecule has 10 heteroatoms. The maximum absolute atomic E-state index is 13.2. The summed E-state index contributed by atoms with van der Waals surface area (Å²) >= 11 is 1.23. The van der Waals surface area contributed by atoms with Crippen LogP contribution in [0.3, 0.4) is 0 Å². The molecule has 1 aliphatic carbocycles. The highest BCUT2D eigenvalue weighted by Crippen LogP contribution is 2.26. The van der Waals surface area contributed by atoms with Crippen molar-refractivity contribution < 1.29 is 23.2 Å². The number of benzene rings is 1. The lowest BCUT2D eigenvalue weighted by Gasteiger charge is -2.32. The zero-order chi connectivity index (χ0) is 24.0. The summed E-state index contributed by atoms with van der Waals surface area (Å²) in [6, 6.07) is 4.09. The van der Waals surface area contributed by atoms with Crippen molar-refractivity contribution in [3.05, 3.63) is 41.5 Å². The topological polar surface area (TPSA) is 114 Å². The SMILES string of the molecule is CSc1nnc(C(=O)C(CC(C)C)NC(=O)[C@@H]2CCCC[C@@H]2NC(=O)c2ccc(F)cc2)o1. The van der Waals surface area contributed by atoms with E-state index >= 15 is 0 Å². The Balaban J connectivity index is 1.71. The minimum absolute atomic E-state index is 0.130. The highest BCUT2D eigenvalue weighted by atomic mass is 32.2. The number of carbonyl (C=O) groups is 3. The summed E-state index contributed by atoms with van der Waals surface area (Å²) < 4.78 is 18.5. The fourth-order valence-corrected chi connectivity index (χ4v) is 4.28. The Morgan fingerprint density at radius 2 is 1.85 bits per heavy atom. The molecular weight excluding hydrogens is 447 g/mol. The van der Waals surface area contributed by atoms with Gasteiger partial charge in [0.1, 0.15) is 5.82 Å². The van der Waals surface area contributed by atoms with Crippen molar-refractivity contribution >= 4 is 29.4 Å². The van der Waals surface area contributed by atoms with E-state index in [2.05, 4.69) is 20.8 Å². The van der Waals surface area contributed by atoms with Gasteiger partial charge >= 0.3 is 0 Å². The molecule has 1 unspecified atom stereocenters. The zero-order valence-electron chi connectivity index (χ0n) is 19.0. The number of hydrogen-bond acceptors (Lipinski definition) is 7. The molecule has 1 aliphatic rings. The number of Topliss-reactive ketones (excluding diaryl/α,β-unsaturated/α-hetero) is 1. The second-order valence-corrected chi connectivity index (χ2v) is 9.37. The van der Waals surface area contributed by atoms with E-state index in [0.29, 0.717) is 24.8 Å². The summed E-state index contributed by atoms with van der Waals surface area (Å²) in [7, 11) is 0. The van der Waals surface area contributed by atoms with Gasteiger partial charge < -0.3 is 15.1 Å². The Bertz CT molecular complexity index is 979. The Labute approximate surface area is 196 Å². The minimum atomic E-state index is -0.803. The van der Waals surface area contributed by atoms with Crippen molar-refractivity contribution in [2.45, 2.75) is 63.3 Å². The lowest BCUT2D eigenvalue weighted by molar-refractivity contribution is -0.127. The van der Waals surface area contributed by atoms with Crippen molar-refractivity contribution in [3.63, 3.8) is 0 Å². The van der Waals surface area contributed by atoms with Crippen LogP contribution in [0.1, 0.15) is 67.0 Å². The zero-order valence-corrected chi connectivity index (χ0v) is 19.8. The average molecular weight is 477 g/mol. The number of thioether (sulfide) groups is 1. The Kier molecular flexibility index (Phi) is 8.60. The molecule has 0 bridgehead atoms. The van der Waals surface area contributed by atoms with Crippen LogP contribution in [0, 0.1) is 17.7 Å². The van der Waals surface area contributed by atoms with E-state index in [-0.39, 0.29) is 34.9 Å². The molecule has 178 valence electrons. The number of aromatic nitrogens is 2. The summed E-state index contributed by atoms with van der Waals surface area (Å²) in [6.45, 7) is 3.92. The van der Waals surface area contributed by atoms with Crippen molar-refractivity contribution in [2.24, 2.45) is 11.8 Å². The maximum Gasteiger partial charge on any atom is 0.286 e. The molecule has 1 heterocycles. The highest BCUT2D eigenvalue weighted by molar-refractivity contribution is 7.98. The molecule has 3 atom stereocenters. The molecule has 0 aliphatic heterocycles. The number of nitrogens with one attached hydrogen (secondary N) is 2. The molecule has 1 fully saturated rings. The number of hydrogen-bond donors (Lipinski definition) is 2. The molecule has 1 aromatic heterocycles. The molecule has 2 N–H and O–H groups in total. The number of halogens is 1. The van der Waals surface area contributed by atoms with Crippen molar-refractivity contribution in [1.82, 2.24) is 20.8 Å².